The Morgan fingerprint density at radius 2 is 2.00 bits per heavy atom. The van der Waals surface area contributed by atoms with Gasteiger partial charge in [0.25, 0.3) is 0 Å². The van der Waals surface area contributed by atoms with Crippen LogP contribution in [0.1, 0.15) is 28.3 Å². The summed E-state index contributed by atoms with van der Waals surface area (Å²) in [7, 11) is 0. The summed E-state index contributed by atoms with van der Waals surface area (Å²) >= 11 is 6.22. The van der Waals surface area contributed by atoms with Crippen molar-refractivity contribution in [1.29, 1.82) is 5.26 Å². The van der Waals surface area contributed by atoms with Crippen LogP contribution in [-0.2, 0) is 6.42 Å². The molecule has 0 amide bonds. The summed E-state index contributed by atoms with van der Waals surface area (Å²) in [5, 5.41) is 12.9. The summed E-state index contributed by atoms with van der Waals surface area (Å²) < 4.78 is 14.2. The Hall–Kier alpha value is -2.83. The zero-order valence-corrected chi connectivity index (χ0v) is 14.9. The Bertz CT molecular complexity index is 1030. The van der Waals surface area contributed by atoms with Crippen LogP contribution in [-0.4, -0.2) is 0 Å². The minimum atomic E-state index is -0.286. The average molecular weight is 363 g/mol. The van der Waals surface area contributed by atoms with Gasteiger partial charge in [0.1, 0.15) is 5.82 Å². The van der Waals surface area contributed by atoms with Crippen molar-refractivity contribution < 1.29 is 4.39 Å². The highest BCUT2D eigenvalue weighted by molar-refractivity contribution is 6.31. The van der Waals surface area contributed by atoms with Crippen LogP contribution in [0.4, 0.5) is 10.1 Å². The molecular formula is C22H16ClFN2. The highest BCUT2D eigenvalue weighted by Gasteiger charge is 2.26. The molecule has 3 aromatic rings. The molecule has 0 fully saturated rings. The number of aryl methyl sites for hydroxylation is 1. The molecule has 0 spiro atoms. The van der Waals surface area contributed by atoms with Gasteiger partial charge in [0, 0.05) is 16.3 Å². The van der Waals surface area contributed by atoms with E-state index in [0.717, 1.165) is 27.9 Å². The Morgan fingerprint density at radius 3 is 2.73 bits per heavy atom. The van der Waals surface area contributed by atoms with Gasteiger partial charge < -0.3 is 5.32 Å². The van der Waals surface area contributed by atoms with Crippen molar-refractivity contribution in [3.63, 3.8) is 0 Å². The van der Waals surface area contributed by atoms with Crippen molar-refractivity contribution in [2.24, 2.45) is 0 Å². The van der Waals surface area contributed by atoms with E-state index in [-0.39, 0.29) is 11.9 Å². The van der Waals surface area contributed by atoms with E-state index in [1.54, 1.807) is 12.1 Å². The van der Waals surface area contributed by atoms with E-state index in [1.165, 1.54) is 6.07 Å². The molecule has 26 heavy (non-hydrogen) atoms. The van der Waals surface area contributed by atoms with Crippen molar-refractivity contribution in [2.75, 3.05) is 5.32 Å². The monoisotopic (exact) mass is 362 g/mol. The van der Waals surface area contributed by atoms with Gasteiger partial charge in [-0.2, -0.15) is 5.26 Å². The summed E-state index contributed by atoms with van der Waals surface area (Å²) in [4.78, 5) is 0. The number of nitrogens with one attached hydrogen (secondary N) is 1. The maximum Gasteiger partial charge on any atom is 0.129 e. The molecule has 128 valence electrons. The van der Waals surface area contributed by atoms with Gasteiger partial charge in [-0.3, -0.25) is 0 Å². The van der Waals surface area contributed by atoms with Gasteiger partial charge in [0.2, 0.25) is 0 Å². The number of nitrogens with zero attached hydrogens (tertiary/aromatic N) is 1. The number of anilines is 1. The van der Waals surface area contributed by atoms with Gasteiger partial charge in [-0.25, -0.2) is 4.39 Å². The van der Waals surface area contributed by atoms with Gasteiger partial charge in [-0.05, 0) is 72.0 Å². The van der Waals surface area contributed by atoms with E-state index in [9.17, 15) is 4.39 Å². The fourth-order valence-corrected chi connectivity index (χ4v) is 3.90. The number of hydrogen-bond acceptors (Lipinski definition) is 2. The molecule has 3 aromatic carbocycles. The molecule has 0 aliphatic carbocycles. The van der Waals surface area contributed by atoms with Crippen LogP contribution in [0.2, 0.25) is 5.02 Å². The minimum absolute atomic E-state index is 0.170. The Morgan fingerprint density at radius 1 is 1.15 bits per heavy atom. The lowest BCUT2D eigenvalue weighted by Crippen LogP contribution is -2.08. The highest BCUT2D eigenvalue weighted by Crippen LogP contribution is 2.40. The van der Waals surface area contributed by atoms with Gasteiger partial charge in [-0.1, -0.05) is 29.8 Å². The third-order valence-corrected chi connectivity index (χ3v) is 5.20. The normalized spacial score (nSPS) is 15.2. The fourth-order valence-electron chi connectivity index (χ4n) is 3.60. The second kappa shape index (κ2) is 6.48. The van der Waals surface area contributed by atoms with Crippen molar-refractivity contribution >= 4 is 17.3 Å². The lowest BCUT2D eigenvalue weighted by atomic mass is 9.95. The quantitative estimate of drug-likeness (QED) is 0.603. The molecule has 0 radical (unpaired) electrons. The molecule has 4 heteroatoms. The fraction of sp³-hybridized carbons (Fsp3) is 0.136. The van der Waals surface area contributed by atoms with Crippen LogP contribution >= 0.6 is 11.6 Å². The molecule has 1 N–H and O–H groups in total. The molecule has 0 aromatic heterocycles. The van der Waals surface area contributed by atoms with E-state index >= 15 is 0 Å². The Labute approximate surface area is 156 Å². The molecular weight excluding hydrogens is 347 g/mol. The molecule has 1 unspecified atom stereocenters. The second-order valence-electron chi connectivity index (χ2n) is 6.55. The molecule has 0 bridgehead atoms. The van der Waals surface area contributed by atoms with Crippen LogP contribution in [0.3, 0.4) is 0 Å². The summed E-state index contributed by atoms with van der Waals surface area (Å²) in [6.07, 6.45) is 0.680. The van der Waals surface area contributed by atoms with E-state index in [1.807, 2.05) is 37.3 Å². The minimum Gasteiger partial charge on any atom is -0.378 e. The van der Waals surface area contributed by atoms with Gasteiger partial charge in [-0.15, -0.1) is 0 Å². The third kappa shape index (κ3) is 2.83. The molecule has 0 saturated heterocycles. The summed E-state index contributed by atoms with van der Waals surface area (Å²) in [6.45, 7) is 2.00. The zero-order valence-electron chi connectivity index (χ0n) is 14.2. The van der Waals surface area contributed by atoms with Crippen LogP contribution in [0, 0.1) is 24.1 Å². The molecule has 0 saturated carbocycles. The van der Waals surface area contributed by atoms with Crippen molar-refractivity contribution in [3.05, 3.63) is 87.7 Å². The molecule has 1 heterocycles. The third-order valence-electron chi connectivity index (χ3n) is 4.87. The summed E-state index contributed by atoms with van der Waals surface area (Å²) in [5.41, 5.74) is 6.56. The van der Waals surface area contributed by atoms with Crippen LogP contribution in [0.25, 0.3) is 11.1 Å². The molecule has 1 aliphatic rings. The molecule has 1 atom stereocenters. The lowest BCUT2D eigenvalue weighted by molar-refractivity contribution is 0.596. The lowest BCUT2D eigenvalue weighted by Gasteiger charge is -2.14. The van der Waals surface area contributed by atoms with Gasteiger partial charge in [0.15, 0.2) is 0 Å². The van der Waals surface area contributed by atoms with Crippen molar-refractivity contribution in [3.8, 4) is 17.2 Å². The van der Waals surface area contributed by atoms with Gasteiger partial charge >= 0.3 is 0 Å². The van der Waals surface area contributed by atoms with Crippen LogP contribution in [0.5, 0.6) is 0 Å². The van der Waals surface area contributed by atoms with E-state index in [2.05, 4.69) is 17.5 Å². The predicted molar refractivity (Wildman–Crippen MR) is 103 cm³/mol. The first kappa shape index (κ1) is 16.6. The van der Waals surface area contributed by atoms with E-state index in [4.69, 9.17) is 16.9 Å². The first-order valence-electron chi connectivity index (χ1n) is 8.41. The average Bonchev–Trinajstić information content (AvgIpc) is 3.04. The highest BCUT2D eigenvalue weighted by atomic mass is 35.5. The largest absolute Gasteiger partial charge is 0.378 e. The molecule has 4 rings (SSSR count). The topological polar surface area (TPSA) is 35.8 Å². The summed E-state index contributed by atoms with van der Waals surface area (Å²) in [5.74, 6) is -0.286. The zero-order chi connectivity index (χ0) is 18.3. The number of hydrogen-bond donors (Lipinski definition) is 1. The number of halogens is 2. The first-order chi connectivity index (χ1) is 12.6. The van der Waals surface area contributed by atoms with Crippen LogP contribution in [0.15, 0.2) is 54.6 Å². The maximum absolute atomic E-state index is 14.2. The Kier molecular flexibility index (Phi) is 4.14. The summed E-state index contributed by atoms with van der Waals surface area (Å²) in [6, 6.07) is 18.7. The first-order valence-corrected chi connectivity index (χ1v) is 8.79. The van der Waals surface area contributed by atoms with E-state index in [0.29, 0.717) is 22.6 Å². The van der Waals surface area contributed by atoms with Crippen molar-refractivity contribution in [1.82, 2.24) is 0 Å². The number of rotatable bonds is 2. The standard InChI is InChI=1S/C22H16ClFN2/c1-13-9-14(12-25)5-7-17(13)15-6-8-20-16(10-15)11-21(26-20)22-18(23)3-2-4-19(22)24/h2-10,21,26H,11H2,1H3. The predicted octanol–water partition coefficient (Wildman–Crippen LogP) is 6.04. The number of nitriles is 1. The number of benzene rings is 3. The van der Waals surface area contributed by atoms with E-state index < -0.39 is 0 Å². The van der Waals surface area contributed by atoms with Gasteiger partial charge in [0.05, 0.1) is 17.7 Å². The maximum atomic E-state index is 14.2. The SMILES string of the molecule is Cc1cc(C#N)ccc1-c1ccc2c(c1)CC(c1c(F)cccc1Cl)N2. The number of fused-ring (bicyclic) bond motifs is 1. The second-order valence-corrected chi connectivity index (χ2v) is 6.96. The smallest absolute Gasteiger partial charge is 0.129 e. The Balaban J connectivity index is 1.68. The molecule has 2 nitrogen and oxygen atoms in total. The molecule has 1 aliphatic heterocycles. The van der Waals surface area contributed by atoms with Crippen LogP contribution < -0.4 is 5.32 Å². The van der Waals surface area contributed by atoms with Crippen molar-refractivity contribution in [2.45, 2.75) is 19.4 Å².